The van der Waals surface area contributed by atoms with Gasteiger partial charge in [0.15, 0.2) is 0 Å². The van der Waals surface area contributed by atoms with Crippen molar-refractivity contribution in [3.05, 3.63) is 50.7 Å². The first kappa shape index (κ1) is 14.5. The maximum absolute atomic E-state index is 11.9. The minimum Gasteiger partial charge on any atom is -0.392 e. The highest BCUT2D eigenvalue weighted by molar-refractivity contribution is 9.10. The summed E-state index contributed by atoms with van der Waals surface area (Å²) in [5.41, 5.74) is 1.00. The second-order valence-corrected chi connectivity index (χ2v) is 6.16. The van der Waals surface area contributed by atoms with Crippen molar-refractivity contribution in [2.45, 2.75) is 38.3 Å². The molecule has 2 heterocycles. The van der Waals surface area contributed by atoms with E-state index < -0.39 is 5.76 Å². The lowest BCUT2D eigenvalue weighted by Crippen LogP contribution is -2.21. The van der Waals surface area contributed by atoms with E-state index in [9.17, 15) is 4.79 Å². The molecule has 1 aromatic carbocycles. The van der Waals surface area contributed by atoms with Crippen LogP contribution >= 0.6 is 15.9 Å². The lowest BCUT2D eigenvalue weighted by atomic mass is 10.1. The largest absolute Gasteiger partial charge is 0.437 e. The van der Waals surface area contributed by atoms with Gasteiger partial charge in [0.05, 0.1) is 19.1 Å². The molecule has 3 rings (SSSR count). The molecule has 1 saturated heterocycles. The predicted molar refractivity (Wildman–Crippen MR) is 81.3 cm³/mol. The molecule has 5 nitrogen and oxygen atoms in total. The summed E-state index contributed by atoms with van der Waals surface area (Å²) in [6.45, 7) is 1.20. The van der Waals surface area contributed by atoms with Gasteiger partial charge in [-0.25, -0.2) is 4.79 Å². The third-order valence-electron chi connectivity index (χ3n) is 3.55. The molecule has 0 amide bonds. The third-order valence-corrected chi connectivity index (χ3v) is 4.04. The zero-order chi connectivity index (χ0) is 14.7. The van der Waals surface area contributed by atoms with E-state index in [1.807, 2.05) is 24.3 Å². The summed E-state index contributed by atoms with van der Waals surface area (Å²) in [7, 11) is 0. The highest BCUT2D eigenvalue weighted by Crippen LogP contribution is 2.16. The summed E-state index contributed by atoms with van der Waals surface area (Å²) in [6.07, 6.45) is 3.96. The van der Waals surface area contributed by atoms with Crippen LogP contribution in [0.25, 0.3) is 0 Å². The molecule has 0 bridgehead atoms. The number of ether oxygens (including phenoxy) is 1. The lowest BCUT2D eigenvalue weighted by molar-refractivity contribution is 0.0130. The molecule has 6 heteroatoms. The Bertz CT molecular complexity index is 659. The Morgan fingerprint density at radius 2 is 2.29 bits per heavy atom. The fraction of sp³-hybridized carbons (Fsp3) is 0.467. The average molecular weight is 353 g/mol. The molecule has 1 fully saturated rings. The molecule has 1 atom stereocenters. The van der Waals surface area contributed by atoms with Crippen molar-refractivity contribution in [1.82, 2.24) is 9.78 Å². The zero-order valence-corrected chi connectivity index (χ0v) is 13.2. The van der Waals surface area contributed by atoms with E-state index in [4.69, 9.17) is 9.15 Å². The minimum absolute atomic E-state index is 0.121. The molecule has 1 aliphatic rings. The highest BCUT2D eigenvalue weighted by Gasteiger charge is 2.18. The molecule has 0 aliphatic carbocycles. The predicted octanol–water partition coefficient (Wildman–Crippen LogP) is 2.76. The number of hydrogen-bond donors (Lipinski definition) is 0. The quantitative estimate of drug-likeness (QED) is 0.848. The van der Waals surface area contributed by atoms with Crippen LogP contribution in [-0.4, -0.2) is 22.5 Å². The first-order valence-electron chi connectivity index (χ1n) is 7.13. The van der Waals surface area contributed by atoms with E-state index in [0.29, 0.717) is 18.9 Å². The first-order valence-corrected chi connectivity index (χ1v) is 7.93. The molecule has 0 radical (unpaired) electrons. The van der Waals surface area contributed by atoms with Gasteiger partial charge < -0.3 is 9.15 Å². The SMILES string of the molecule is O=c1oc(CC2CCCCO2)nn1Cc1cccc(Br)c1. The van der Waals surface area contributed by atoms with E-state index in [2.05, 4.69) is 21.0 Å². The molecule has 2 aromatic rings. The van der Waals surface area contributed by atoms with E-state index in [1.54, 1.807) is 0 Å². The van der Waals surface area contributed by atoms with Crippen molar-refractivity contribution in [2.75, 3.05) is 6.61 Å². The van der Waals surface area contributed by atoms with Crippen molar-refractivity contribution in [3.8, 4) is 0 Å². The van der Waals surface area contributed by atoms with Gasteiger partial charge >= 0.3 is 5.76 Å². The number of aromatic nitrogens is 2. The van der Waals surface area contributed by atoms with Crippen LogP contribution in [0.4, 0.5) is 0 Å². The van der Waals surface area contributed by atoms with E-state index in [1.165, 1.54) is 4.68 Å². The molecule has 1 unspecified atom stereocenters. The van der Waals surface area contributed by atoms with E-state index in [0.717, 1.165) is 35.9 Å². The molecule has 1 aromatic heterocycles. The summed E-state index contributed by atoms with van der Waals surface area (Å²) in [4.78, 5) is 11.9. The molecule has 0 N–H and O–H groups in total. The summed E-state index contributed by atoms with van der Waals surface area (Å²) < 4.78 is 13.2. The maximum atomic E-state index is 11.9. The normalized spacial score (nSPS) is 18.8. The number of rotatable bonds is 4. The average Bonchev–Trinajstić information content (AvgIpc) is 2.80. The second-order valence-electron chi connectivity index (χ2n) is 5.24. The molecular formula is C15H17BrN2O3. The third kappa shape index (κ3) is 3.83. The Kier molecular flexibility index (Phi) is 4.55. The fourth-order valence-electron chi connectivity index (χ4n) is 2.50. The van der Waals surface area contributed by atoms with Gasteiger partial charge in [-0.2, -0.15) is 4.68 Å². The number of nitrogens with zero attached hydrogens (tertiary/aromatic N) is 2. The fourth-order valence-corrected chi connectivity index (χ4v) is 2.95. The molecule has 1 aliphatic heterocycles. The molecular weight excluding hydrogens is 336 g/mol. The lowest BCUT2D eigenvalue weighted by Gasteiger charge is -2.20. The van der Waals surface area contributed by atoms with Gasteiger partial charge in [-0.15, -0.1) is 5.10 Å². The molecule has 0 spiro atoms. The maximum Gasteiger partial charge on any atom is 0.437 e. The number of halogens is 1. The second kappa shape index (κ2) is 6.58. The monoisotopic (exact) mass is 352 g/mol. The van der Waals surface area contributed by atoms with E-state index >= 15 is 0 Å². The van der Waals surface area contributed by atoms with Crippen molar-refractivity contribution in [2.24, 2.45) is 0 Å². The van der Waals surface area contributed by atoms with Gasteiger partial charge in [0.25, 0.3) is 0 Å². The molecule has 21 heavy (non-hydrogen) atoms. The molecule has 112 valence electrons. The van der Waals surface area contributed by atoms with Gasteiger partial charge in [-0.05, 0) is 37.0 Å². The summed E-state index contributed by atoms with van der Waals surface area (Å²) in [5.74, 6) is 0.0441. The van der Waals surface area contributed by atoms with Crippen LogP contribution in [0.15, 0.2) is 37.9 Å². The Labute approximate surface area is 131 Å². The van der Waals surface area contributed by atoms with Crippen LogP contribution in [0, 0.1) is 0 Å². The minimum atomic E-state index is -0.416. The van der Waals surface area contributed by atoms with Crippen molar-refractivity contribution in [3.63, 3.8) is 0 Å². The van der Waals surface area contributed by atoms with Crippen LogP contribution in [0.5, 0.6) is 0 Å². The van der Waals surface area contributed by atoms with Crippen LogP contribution in [0.1, 0.15) is 30.7 Å². The van der Waals surface area contributed by atoms with Crippen molar-refractivity contribution >= 4 is 15.9 Å². The Morgan fingerprint density at radius 3 is 3.05 bits per heavy atom. The Hall–Kier alpha value is -1.40. The summed E-state index contributed by atoms with van der Waals surface area (Å²) in [5, 5.41) is 4.27. The van der Waals surface area contributed by atoms with Crippen LogP contribution in [-0.2, 0) is 17.7 Å². The first-order chi connectivity index (χ1) is 10.2. The van der Waals surface area contributed by atoms with Crippen LogP contribution in [0.3, 0.4) is 0 Å². The summed E-state index contributed by atoms with van der Waals surface area (Å²) in [6, 6.07) is 7.79. The van der Waals surface area contributed by atoms with Gasteiger partial charge in [0, 0.05) is 11.1 Å². The standard InChI is InChI=1S/C15H17BrN2O3/c16-12-5-3-4-11(8-12)10-18-15(19)21-14(17-18)9-13-6-1-2-7-20-13/h3-5,8,13H,1-2,6-7,9-10H2. The van der Waals surface area contributed by atoms with Crippen molar-refractivity contribution in [1.29, 1.82) is 0 Å². The highest BCUT2D eigenvalue weighted by atomic mass is 79.9. The smallest absolute Gasteiger partial charge is 0.392 e. The van der Waals surface area contributed by atoms with Gasteiger partial charge in [0.2, 0.25) is 5.89 Å². The zero-order valence-electron chi connectivity index (χ0n) is 11.6. The number of hydrogen-bond acceptors (Lipinski definition) is 4. The Morgan fingerprint density at radius 1 is 1.38 bits per heavy atom. The summed E-state index contributed by atoms with van der Waals surface area (Å²) >= 11 is 3.42. The van der Waals surface area contributed by atoms with Crippen LogP contribution < -0.4 is 5.76 Å². The number of benzene rings is 1. The van der Waals surface area contributed by atoms with Gasteiger partial charge in [-0.1, -0.05) is 28.1 Å². The topological polar surface area (TPSA) is 57.3 Å². The van der Waals surface area contributed by atoms with Crippen molar-refractivity contribution < 1.29 is 9.15 Å². The van der Waals surface area contributed by atoms with E-state index in [-0.39, 0.29) is 6.10 Å². The molecule has 0 saturated carbocycles. The van der Waals surface area contributed by atoms with Crippen LogP contribution in [0.2, 0.25) is 0 Å². The Balaban J connectivity index is 1.70. The van der Waals surface area contributed by atoms with Gasteiger partial charge in [0.1, 0.15) is 0 Å². The van der Waals surface area contributed by atoms with Gasteiger partial charge in [-0.3, -0.25) is 0 Å².